The third-order valence-electron chi connectivity index (χ3n) is 4.59. The van der Waals surface area contributed by atoms with E-state index >= 15 is 0 Å². The van der Waals surface area contributed by atoms with Gasteiger partial charge in [0.25, 0.3) is 0 Å². The lowest BCUT2D eigenvalue weighted by Crippen LogP contribution is -2.27. The minimum Gasteiger partial charge on any atom is -0.423 e. The van der Waals surface area contributed by atoms with Gasteiger partial charge in [-0.25, -0.2) is 17.9 Å². The lowest BCUT2D eigenvalue weighted by Gasteiger charge is -2.16. The summed E-state index contributed by atoms with van der Waals surface area (Å²) in [4.78, 5) is 12.5. The Morgan fingerprint density at radius 3 is 2.54 bits per heavy atom. The van der Waals surface area contributed by atoms with Crippen molar-refractivity contribution in [2.24, 2.45) is 0 Å². The number of ether oxygens (including phenoxy) is 1. The van der Waals surface area contributed by atoms with Crippen molar-refractivity contribution in [3.63, 3.8) is 0 Å². The number of nitrogens with zero attached hydrogens (tertiary/aromatic N) is 3. The van der Waals surface area contributed by atoms with Gasteiger partial charge in [0.1, 0.15) is 5.75 Å². The number of carbonyl (C=O) groups is 1. The molecular weight excluding hydrogens is 378 g/mol. The molecule has 0 spiro atoms. The fraction of sp³-hybridized carbons (Fsp3) is 0.200. The van der Waals surface area contributed by atoms with Gasteiger partial charge in [-0.3, -0.25) is 4.31 Å². The van der Waals surface area contributed by atoms with Crippen molar-refractivity contribution in [3.8, 4) is 11.4 Å². The Morgan fingerprint density at radius 1 is 1.14 bits per heavy atom. The number of hydrogen-bond acceptors (Lipinski definition) is 5. The van der Waals surface area contributed by atoms with E-state index in [-0.39, 0.29) is 0 Å². The van der Waals surface area contributed by atoms with Gasteiger partial charge in [-0.05, 0) is 66.9 Å². The van der Waals surface area contributed by atoms with E-state index in [9.17, 15) is 13.2 Å². The first kappa shape index (κ1) is 18.2. The second kappa shape index (κ2) is 6.79. The van der Waals surface area contributed by atoms with Gasteiger partial charge in [-0.1, -0.05) is 0 Å². The molecule has 0 N–H and O–H groups in total. The van der Waals surface area contributed by atoms with Crippen LogP contribution in [0.1, 0.15) is 21.5 Å². The molecule has 1 aromatic heterocycles. The molecule has 0 fully saturated rings. The zero-order valence-corrected chi connectivity index (χ0v) is 16.3. The van der Waals surface area contributed by atoms with Crippen LogP contribution in [-0.4, -0.2) is 37.0 Å². The standard InChI is InChI=1S/C20H19N3O4S/c1-14-12-21-22(13-14)17-4-6-18(7-5-17)27-20(24)16-3-8-19-15(11-16)9-10-23(19)28(2,25)26/h3-8,11-13H,9-10H2,1-2H3. The van der Waals surface area contributed by atoms with E-state index in [1.807, 2.05) is 25.3 Å². The highest BCUT2D eigenvalue weighted by molar-refractivity contribution is 7.92. The number of esters is 1. The molecule has 28 heavy (non-hydrogen) atoms. The van der Waals surface area contributed by atoms with Crippen molar-refractivity contribution >= 4 is 21.7 Å². The predicted octanol–water partition coefficient (Wildman–Crippen LogP) is 2.72. The molecule has 2 aromatic carbocycles. The summed E-state index contributed by atoms with van der Waals surface area (Å²) in [6.45, 7) is 2.35. The molecule has 1 aliphatic rings. The van der Waals surface area contributed by atoms with Crippen molar-refractivity contribution < 1.29 is 17.9 Å². The van der Waals surface area contributed by atoms with Gasteiger partial charge in [0.2, 0.25) is 10.0 Å². The number of hydrogen-bond donors (Lipinski definition) is 0. The Labute approximate surface area is 163 Å². The van der Waals surface area contributed by atoms with Crippen LogP contribution in [0.2, 0.25) is 0 Å². The number of sulfonamides is 1. The molecule has 0 bridgehead atoms. The number of rotatable bonds is 4. The molecule has 1 aliphatic heterocycles. The smallest absolute Gasteiger partial charge is 0.343 e. The summed E-state index contributed by atoms with van der Waals surface area (Å²) in [6.07, 6.45) is 5.43. The van der Waals surface area contributed by atoms with Gasteiger partial charge in [-0.2, -0.15) is 5.10 Å². The van der Waals surface area contributed by atoms with E-state index in [2.05, 4.69) is 5.10 Å². The van der Waals surface area contributed by atoms with Gasteiger partial charge in [-0.15, -0.1) is 0 Å². The molecule has 0 radical (unpaired) electrons. The molecule has 0 saturated carbocycles. The Kier molecular flexibility index (Phi) is 4.43. The molecule has 4 rings (SSSR count). The Bertz CT molecular complexity index is 1150. The maximum absolute atomic E-state index is 12.5. The van der Waals surface area contributed by atoms with Crippen molar-refractivity contribution in [1.82, 2.24) is 9.78 Å². The zero-order chi connectivity index (χ0) is 19.9. The van der Waals surface area contributed by atoms with Crippen molar-refractivity contribution in [2.45, 2.75) is 13.3 Å². The summed E-state index contributed by atoms with van der Waals surface area (Å²) in [6, 6.07) is 12.0. The summed E-state index contributed by atoms with van der Waals surface area (Å²) in [5, 5.41) is 4.24. The summed E-state index contributed by atoms with van der Waals surface area (Å²) < 4.78 is 32.2. The van der Waals surface area contributed by atoms with Crippen LogP contribution in [0.15, 0.2) is 54.9 Å². The monoisotopic (exact) mass is 397 g/mol. The molecule has 0 atom stereocenters. The lowest BCUT2D eigenvalue weighted by atomic mass is 10.1. The van der Waals surface area contributed by atoms with Gasteiger partial charge < -0.3 is 4.74 Å². The number of carbonyl (C=O) groups excluding carboxylic acids is 1. The van der Waals surface area contributed by atoms with E-state index in [1.54, 1.807) is 41.2 Å². The zero-order valence-electron chi connectivity index (χ0n) is 15.5. The highest BCUT2D eigenvalue weighted by atomic mass is 32.2. The largest absolute Gasteiger partial charge is 0.423 e. The van der Waals surface area contributed by atoms with Crippen molar-refractivity contribution in [3.05, 3.63) is 71.5 Å². The third kappa shape index (κ3) is 3.50. The summed E-state index contributed by atoms with van der Waals surface area (Å²) in [5.41, 5.74) is 3.76. The molecule has 3 aromatic rings. The Hall–Kier alpha value is -3.13. The first-order valence-electron chi connectivity index (χ1n) is 8.76. The number of benzene rings is 2. The van der Waals surface area contributed by atoms with E-state index < -0.39 is 16.0 Å². The molecule has 2 heterocycles. The Balaban J connectivity index is 1.50. The Morgan fingerprint density at radius 2 is 1.89 bits per heavy atom. The number of aromatic nitrogens is 2. The lowest BCUT2D eigenvalue weighted by molar-refractivity contribution is 0.0734. The average Bonchev–Trinajstić information content (AvgIpc) is 3.27. The van der Waals surface area contributed by atoms with E-state index in [4.69, 9.17) is 4.74 Å². The molecule has 0 aliphatic carbocycles. The first-order valence-corrected chi connectivity index (χ1v) is 10.6. The number of anilines is 1. The van der Waals surface area contributed by atoms with Crippen LogP contribution in [0.4, 0.5) is 5.69 Å². The predicted molar refractivity (Wildman–Crippen MR) is 106 cm³/mol. The fourth-order valence-electron chi connectivity index (χ4n) is 3.23. The van der Waals surface area contributed by atoms with E-state index in [0.717, 1.165) is 16.8 Å². The number of fused-ring (bicyclic) bond motifs is 1. The highest BCUT2D eigenvalue weighted by Gasteiger charge is 2.27. The van der Waals surface area contributed by atoms with Crippen LogP contribution in [-0.2, 0) is 16.4 Å². The van der Waals surface area contributed by atoms with Crippen LogP contribution in [0.5, 0.6) is 5.75 Å². The van der Waals surface area contributed by atoms with Crippen molar-refractivity contribution in [1.29, 1.82) is 0 Å². The third-order valence-corrected chi connectivity index (χ3v) is 5.77. The van der Waals surface area contributed by atoms with Gasteiger partial charge in [0.15, 0.2) is 0 Å². The molecular formula is C20H19N3O4S. The fourth-order valence-corrected chi connectivity index (χ4v) is 4.19. The molecule has 144 valence electrons. The quantitative estimate of drug-likeness (QED) is 0.499. The van der Waals surface area contributed by atoms with E-state index in [1.165, 1.54) is 10.6 Å². The molecule has 0 amide bonds. The summed E-state index contributed by atoms with van der Waals surface area (Å²) in [5.74, 6) is -0.0563. The van der Waals surface area contributed by atoms with Crippen LogP contribution in [0.3, 0.4) is 0 Å². The van der Waals surface area contributed by atoms with Crippen LogP contribution in [0, 0.1) is 6.92 Å². The molecule has 7 nitrogen and oxygen atoms in total. The highest BCUT2D eigenvalue weighted by Crippen LogP contribution is 2.31. The van der Waals surface area contributed by atoms with Crippen LogP contribution >= 0.6 is 0 Å². The molecule has 8 heteroatoms. The van der Waals surface area contributed by atoms with Gasteiger partial charge in [0, 0.05) is 12.7 Å². The summed E-state index contributed by atoms with van der Waals surface area (Å²) in [7, 11) is -3.31. The number of aryl methyl sites for hydroxylation is 1. The maximum atomic E-state index is 12.5. The first-order chi connectivity index (χ1) is 13.3. The van der Waals surface area contributed by atoms with E-state index in [0.29, 0.717) is 30.0 Å². The maximum Gasteiger partial charge on any atom is 0.343 e. The second-order valence-corrected chi connectivity index (χ2v) is 8.68. The van der Waals surface area contributed by atoms with Crippen LogP contribution in [0.25, 0.3) is 5.69 Å². The minimum atomic E-state index is -3.31. The molecule has 0 saturated heterocycles. The topological polar surface area (TPSA) is 81.5 Å². The van der Waals surface area contributed by atoms with Gasteiger partial charge in [0.05, 0.1) is 29.4 Å². The van der Waals surface area contributed by atoms with Crippen molar-refractivity contribution in [2.75, 3.05) is 17.1 Å². The summed E-state index contributed by atoms with van der Waals surface area (Å²) >= 11 is 0. The average molecular weight is 397 g/mol. The van der Waals surface area contributed by atoms with Gasteiger partial charge >= 0.3 is 5.97 Å². The minimum absolute atomic E-state index is 0.390. The normalized spacial score (nSPS) is 13.4. The molecule has 0 unspecified atom stereocenters. The van der Waals surface area contributed by atoms with Crippen LogP contribution < -0.4 is 9.04 Å². The SMILES string of the molecule is Cc1cnn(-c2ccc(OC(=O)c3ccc4c(c3)CCN4S(C)(=O)=O)cc2)c1. The second-order valence-electron chi connectivity index (χ2n) is 6.77.